The van der Waals surface area contributed by atoms with Gasteiger partial charge in [-0.15, -0.1) is 0 Å². The molecule has 1 aromatic carbocycles. The predicted octanol–water partition coefficient (Wildman–Crippen LogP) is 2.72. The third-order valence-electron chi connectivity index (χ3n) is 3.84. The Morgan fingerprint density at radius 1 is 1.39 bits per heavy atom. The van der Waals surface area contributed by atoms with Crippen LogP contribution < -0.4 is 5.32 Å². The molecule has 3 heteroatoms. The lowest BCUT2D eigenvalue weighted by Gasteiger charge is -2.15. The van der Waals surface area contributed by atoms with E-state index in [1.807, 2.05) is 6.07 Å². The number of amides is 1. The van der Waals surface area contributed by atoms with Gasteiger partial charge in [-0.05, 0) is 42.5 Å². The lowest BCUT2D eigenvalue weighted by molar-refractivity contribution is 0.0944. The number of rotatable bonds is 3. The summed E-state index contributed by atoms with van der Waals surface area (Å²) in [7, 11) is 0. The Labute approximate surface area is 108 Å². The Morgan fingerprint density at radius 3 is 2.67 bits per heavy atom. The molecule has 0 heterocycles. The van der Waals surface area contributed by atoms with Crippen molar-refractivity contribution in [2.24, 2.45) is 11.8 Å². The van der Waals surface area contributed by atoms with Crippen molar-refractivity contribution in [3.05, 3.63) is 35.4 Å². The lowest BCUT2D eigenvalue weighted by atomic mass is 9.98. The van der Waals surface area contributed by atoms with E-state index in [1.165, 1.54) is 19.3 Å². The molecule has 1 N–H and O–H groups in total. The molecule has 0 aromatic heterocycles. The average Bonchev–Trinajstić information content (AvgIpc) is 2.81. The Morgan fingerprint density at radius 2 is 2.11 bits per heavy atom. The van der Waals surface area contributed by atoms with Crippen molar-refractivity contribution in [2.45, 2.75) is 26.2 Å². The number of nitriles is 1. The van der Waals surface area contributed by atoms with Crippen molar-refractivity contribution in [3.8, 4) is 6.07 Å². The van der Waals surface area contributed by atoms with E-state index in [9.17, 15) is 4.79 Å². The summed E-state index contributed by atoms with van der Waals surface area (Å²) < 4.78 is 0. The third-order valence-corrected chi connectivity index (χ3v) is 3.84. The Kier molecular flexibility index (Phi) is 3.99. The fourth-order valence-corrected chi connectivity index (χ4v) is 2.55. The number of carbonyl (C=O) groups excluding carboxylic acids is 1. The first-order chi connectivity index (χ1) is 8.70. The fraction of sp³-hybridized carbons (Fsp3) is 0.467. The minimum absolute atomic E-state index is 0.0430. The van der Waals surface area contributed by atoms with Crippen LogP contribution in [0.4, 0.5) is 0 Å². The topological polar surface area (TPSA) is 52.9 Å². The van der Waals surface area contributed by atoms with E-state index in [1.54, 1.807) is 24.3 Å². The number of hydrogen-bond acceptors (Lipinski definition) is 2. The molecule has 1 amide bonds. The van der Waals surface area contributed by atoms with Gasteiger partial charge in [0.15, 0.2) is 0 Å². The molecule has 2 atom stereocenters. The SMILES string of the molecule is CC1CCCC1CNC(=O)c1ccc(C#N)cc1. The van der Waals surface area contributed by atoms with Gasteiger partial charge in [0.2, 0.25) is 0 Å². The van der Waals surface area contributed by atoms with Gasteiger partial charge < -0.3 is 5.32 Å². The van der Waals surface area contributed by atoms with Crippen LogP contribution in [0.1, 0.15) is 42.1 Å². The van der Waals surface area contributed by atoms with E-state index in [4.69, 9.17) is 5.26 Å². The number of carbonyl (C=O) groups is 1. The Hall–Kier alpha value is -1.82. The van der Waals surface area contributed by atoms with E-state index >= 15 is 0 Å². The van der Waals surface area contributed by atoms with Crippen LogP contribution in [0.2, 0.25) is 0 Å². The molecule has 3 nitrogen and oxygen atoms in total. The zero-order valence-corrected chi connectivity index (χ0v) is 10.6. The fourth-order valence-electron chi connectivity index (χ4n) is 2.55. The first-order valence-electron chi connectivity index (χ1n) is 6.49. The second-order valence-corrected chi connectivity index (χ2v) is 5.07. The first kappa shape index (κ1) is 12.6. The maximum atomic E-state index is 11.9. The summed E-state index contributed by atoms with van der Waals surface area (Å²) in [5, 5.41) is 11.7. The summed E-state index contributed by atoms with van der Waals surface area (Å²) in [6.07, 6.45) is 3.77. The summed E-state index contributed by atoms with van der Waals surface area (Å²) in [4.78, 5) is 11.9. The summed E-state index contributed by atoms with van der Waals surface area (Å²) in [5.41, 5.74) is 1.20. The highest BCUT2D eigenvalue weighted by Crippen LogP contribution is 2.30. The van der Waals surface area contributed by atoms with Gasteiger partial charge in [-0.3, -0.25) is 4.79 Å². The average molecular weight is 242 g/mol. The van der Waals surface area contributed by atoms with Crippen LogP contribution in [0.3, 0.4) is 0 Å². The van der Waals surface area contributed by atoms with E-state index in [-0.39, 0.29) is 5.91 Å². The Bertz CT molecular complexity index is 458. The zero-order chi connectivity index (χ0) is 13.0. The van der Waals surface area contributed by atoms with Crippen LogP contribution in [0.25, 0.3) is 0 Å². The number of benzene rings is 1. The number of nitrogens with one attached hydrogen (secondary N) is 1. The van der Waals surface area contributed by atoms with Gasteiger partial charge in [0, 0.05) is 12.1 Å². The second kappa shape index (κ2) is 5.68. The summed E-state index contributed by atoms with van der Waals surface area (Å²) >= 11 is 0. The molecule has 1 aliphatic carbocycles. The zero-order valence-electron chi connectivity index (χ0n) is 10.6. The molecular weight excluding hydrogens is 224 g/mol. The highest BCUT2D eigenvalue weighted by Gasteiger charge is 2.23. The van der Waals surface area contributed by atoms with E-state index in [0.717, 1.165) is 6.54 Å². The quantitative estimate of drug-likeness (QED) is 0.886. The molecule has 0 spiro atoms. The molecular formula is C15H18N2O. The molecule has 0 saturated heterocycles. The number of nitrogens with zero attached hydrogens (tertiary/aromatic N) is 1. The standard InChI is InChI=1S/C15H18N2O/c1-11-3-2-4-14(11)10-17-15(18)13-7-5-12(9-16)6-8-13/h5-8,11,14H,2-4,10H2,1H3,(H,17,18). The van der Waals surface area contributed by atoms with Gasteiger partial charge in [-0.1, -0.05) is 19.8 Å². The monoisotopic (exact) mass is 242 g/mol. The molecule has 0 bridgehead atoms. The predicted molar refractivity (Wildman–Crippen MR) is 70.0 cm³/mol. The molecule has 94 valence electrons. The highest BCUT2D eigenvalue weighted by molar-refractivity contribution is 5.94. The maximum Gasteiger partial charge on any atom is 0.251 e. The molecule has 1 fully saturated rings. The van der Waals surface area contributed by atoms with Crippen LogP contribution in [0, 0.1) is 23.2 Å². The van der Waals surface area contributed by atoms with Crippen LogP contribution >= 0.6 is 0 Å². The van der Waals surface area contributed by atoms with Gasteiger partial charge >= 0.3 is 0 Å². The van der Waals surface area contributed by atoms with Crippen LogP contribution in [0.15, 0.2) is 24.3 Å². The molecule has 18 heavy (non-hydrogen) atoms. The minimum atomic E-state index is -0.0430. The van der Waals surface area contributed by atoms with Gasteiger partial charge in [0.1, 0.15) is 0 Å². The van der Waals surface area contributed by atoms with Crippen molar-refractivity contribution in [3.63, 3.8) is 0 Å². The molecule has 0 radical (unpaired) electrons. The Balaban J connectivity index is 1.89. The van der Waals surface area contributed by atoms with Crippen LogP contribution in [-0.2, 0) is 0 Å². The van der Waals surface area contributed by atoms with Crippen molar-refractivity contribution in [2.75, 3.05) is 6.54 Å². The summed E-state index contributed by atoms with van der Waals surface area (Å²) in [6.45, 7) is 3.02. The van der Waals surface area contributed by atoms with Crippen molar-refractivity contribution in [1.29, 1.82) is 5.26 Å². The first-order valence-corrected chi connectivity index (χ1v) is 6.49. The number of hydrogen-bond donors (Lipinski definition) is 1. The normalized spacial score (nSPS) is 22.4. The molecule has 1 saturated carbocycles. The highest BCUT2D eigenvalue weighted by atomic mass is 16.1. The lowest BCUT2D eigenvalue weighted by Crippen LogP contribution is -2.30. The molecule has 0 aliphatic heterocycles. The largest absolute Gasteiger partial charge is 0.352 e. The van der Waals surface area contributed by atoms with E-state index in [2.05, 4.69) is 12.2 Å². The van der Waals surface area contributed by atoms with Crippen molar-refractivity contribution >= 4 is 5.91 Å². The van der Waals surface area contributed by atoms with Gasteiger partial charge in [0.05, 0.1) is 11.6 Å². The molecule has 1 aliphatic rings. The maximum absolute atomic E-state index is 11.9. The smallest absolute Gasteiger partial charge is 0.251 e. The van der Waals surface area contributed by atoms with Gasteiger partial charge in [-0.2, -0.15) is 5.26 Å². The second-order valence-electron chi connectivity index (χ2n) is 5.07. The van der Waals surface area contributed by atoms with Crippen molar-refractivity contribution in [1.82, 2.24) is 5.32 Å². The van der Waals surface area contributed by atoms with Crippen LogP contribution in [0.5, 0.6) is 0 Å². The molecule has 2 rings (SSSR count). The molecule has 2 unspecified atom stereocenters. The minimum Gasteiger partial charge on any atom is -0.352 e. The van der Waals surface area contributed by atoms with Gasteiger partial charge in [0.25, 0.3) is 5.91 Å². The van der Waals surface area contributed by atoms with Gasteiger partial charge in [-0.25, -0.2) is 0 Å². The van der Waals surface area contributed by atoms with E-state index in [0.29, 0.717) is 23.0 Å². The van der Waals surface area contributed by atoms with Crippen LogP contribution in [-0.4, -0.2) is 12.5 Å². The van der Waals surface area contributed by atoms with E-state index < -0.39 is 0 Å². The van der Waals surface area contributed by atoms with Crippen molar-refractivity contribution < 1.29 is 4.79 Å². The molecule has 1 aromatic rings. The summed E-state index contributed by atoms with van der Waals surface area (Å²) in [5.74, 6) is 1.29. The third kappa shape index (κ3) is 2.89. The summed E-state index contributed by atoms with van der Waals surface area (Å²) in [6, 6.07) is 8.79.